The first-order valence-corrected chi connectivity index (χ1v) is 6.29. The van der Waals surface area contributed by atoms with E-state index in [4.69, 9.17) is 14.6 Å². The molecule has 0 aromatic rings. The van der Waals surface area contributed by atoms with Crippen LogP contribution in [0.4, 0.5) is 0 Å². The number of carbonyl (C=O) groups is 1. The molecule has 0 spiro atoms. The van der Waals surface area contributed by atoms with Crippen molar-refractivity contribution in [1.29, 1.82) is 0 Å². The molecular formula is C12H21NO4. The van der Waals surface area contributed by atoms with Gasteiger partial charge >= 0.3 is 5.97 Å². The fraction of sp³-hybridized carbons (Fsp3) is 0.917. The van der Waals surface area contributed by atoms with Gasteiger partial charge in [0.1, 0.15) is 0 Å². The number of nitrogens with zero attached hydrogens (tertiary/aromatic N) is 1. The van der Waals surface area contributed by atoms with Crippen molar-refractivity contribution < 1.29 is 19.4 Å². The molecule has 0 saturated carbocycles. The highest BCUT2D eigenvalue weighted by Crippen LogP contribution is 2.34. The Bertz CT molecular complexity index is 278. The number of hydrogen-bond acceptors (Lipinski definition) is 4. The molecule has 1 N–H and O–H groups in total. The molecule has 0 aromatic carbocycles. The largest absolute Gasteiger partial charge is 0.481 e. The normalized spacial score (nSPS) is 35.7. The van der Waals surface area contributed by atoms with Gasteiger partial charge in [-0.25, -0.2) is 0 Å². The maximum atomic E-state index is 11.1. The van der Waals surface area contributed by atoms with Gasteiger partial charge in [0.2, 0.25) is 0 Å². The summed E-state index contributed by atoms with van der Waals surface area (Å²) in [5, 5.41) is 9.15. The van der Waals surface area contributed by atoms with Gasteiger partial charge in [-0.1, -0.05) is 0 Å². The summed E-state index contributed by atoms with van der Waals surface area (Å²) < 4.78 is 10.9. The molecule has 2 atom stereocenters. The van der Waals surface area contributed by atoms with E-state index in [-0.39, 0.29) is 18.1 Å². The number of carboxylic acids is 1. The topological polar surface area (TPSA) is 59.0 Å². The summed E-state index contributed by atoms with van der Waals surface area (Å²) in [7, 11) is 0. The van der Waals surface area contributed by atoms with Crippen LogP contribution in [0.1, 0.15) is 26.2 Å². The van der Waals surface area contributed by atoms with Gasteiger partial charge in [-0.3, -0.25) is 9.69 Å². The van der Waals surface area contributed by atoms with Crippen molar-refractivity contribution in [1.82, 2.24) is 4.90 Å². The second-order valence-electron chi connectivity index (χ2n) is 5.03. The molecule has 0 aromatic heterocycles. The quantitative estimate of drug-likeness (QED) is 0.792. The Morgan fingerprint density at radius 2 is 2.12 bits per heavy atom. The lowest BCUT2D eigenvalue weighted by atomic mass is 9.82. The summed E-state index contributed by atoms with van der Waals surface area (Å²) in [6.07, 6.45) is 1.97. The summed E-state index contributed by atoms with van der Waals surface area (Å²) in [4.78, 5) is 13.4. The Labute approximate surface area is 102 Å². The van der Waals surface area contributed by atoms with E-state index in [1.54, 1.807) is 0 Å². The zero-order valence-corrected chi connectivity index (χ0v) is 10.4. The number of carboxylic acid groups (broad SMARTS) is 1. The lowest BCUT2D eigenvalue weighted by Gasteiger charge is -2.48. The van der Waals surface area contributed by atoms with E-state index in [0.29, 0.717) is 19.8 Å². The predicted octanol–water partition coefficient (Wildman–Crippen LogP) is 0.731. The molecule has 5 nitrogen and oxygen atoms in total. The molecule has 0 bridgehead atoms. The zero-order chi connectivity index (χ0) is 12.3. The van der Waals surface area contributed by atoms with E-state index in [0.717, 1.165) is 25.9 Å². The molecular weight excluding hydrogens is 222 g/mol. The average Bonchev–Trinajstić information content (AvgIpc) is 2.29. The number of morpholine rings is 1. The third-order valence-electron chi connectivity index (χ3n) is 3.80. The van der Waals surface area contributed by atoms with Crippen molar-refractivity contribution >= 4 is 5.97 Å². The summed E-state index contributed by atoms with van der Waals surface area (Å²) in [6.45, 7) is 5.76. The first-order valence-electron chi connectivity index (χ1n) is 6.29. The monoisotopic (exact) mass is 243 g/mol. The van der Waals surface area contributed by atoms with Crippen LogP contribution in [0.3, 0.4) is 0 Å². The summed E-state index contributed by atoms with van der Waals surface area (Å²) >= 11 is 0. The van der Waals surface area contributed by atoms with Crippen LogP contribution in [-0.2, 0) is 14.3 Å². The number of aliphatic carboxylic acids is 1. The van der Waals surface area contributed by atoms with Crippen molar-refractivity contribution in [2.75, 3.05) is 32.9 Å². The van der Waals surface area contributed by atoms with Crippen LogP contribution < -0.4 is 0 Å². The lowest BCUT2D eigenvalue weighted by molar-refractivity contribution is -0.147. The van der Waals surface area contributed by atoms with Crippen molar-refractivity contribution in [2.45, 2.75) is 37.8 Å². The van der Waals surface area contributed by atoms with Gasteiger partial charge in [0.15, 0.2) is 0 Å². The van der Waals surface area contributed by atoms with Crippen LogP contribution in [0, 0.1) is 0 Å². The molecule has 2 rings (SSSR count). The van der Waals surface area contributed by atoms with Crippen molar-refractivity contribution in [3.63, 3.8) is 0 Å². The number of rotatable bonds is 3. The Hall–Kier alpha value is -0.650. The van der Waals surface area contributed by atoms with E-state index < -0.39 is 5.97 Å². The second kappa shape index (κ2) is 5.33. The van der Waals surface area contributed by atoms with E-state index >= 15 is 0 Å². The van der Waals surface area contributed by atoms with Gasteiger partial charge in [0.25, 0.3) is 0 Å². The maximum absolute atomic E-state index is 11.1. The molecule has 17 heavy (non-hydrogen) atoms. The van der Waals surface area contributed by atoms with Gasteiger partial charge in [0.05, 0.1) is 25.7 Å². The van der Waals surface area contributed by atoms with Crippen LogP contribution in [0.5, 0.6) is 0 Å². The standard InChI is InChI=1S/C12H21NO4/c1-10-8-12(2-5-17-10,9-11(14)15)13-3-6-16-7-4-13/h10H,2-9H2,1H3,(H,14,15). The Balaban J connectivity index is 2.12. The Kier molecular flexibility index (Phi) is 4.01. The van der Waals surface area contributed by atoms with Crippen molar-refractivity contribution in [3.05, 3.63) is 0 Å². The molecule has 0 amide bonds. The number of ether oxygens (including phenoxy) is 2. The van der Waals surface area contributed by atoms with E-state index in [1.807, 2.05) is 6.92 Å². The Morgan fingerprint density at radius 3 is 2.71 bits per heavy atom. The van der Waals surface area contributed by atoms with Crippen molar-refractivity contribution in [2.24, 2.45) is 0 Å². The molecule has 0 aliphatic carbocycles. The maximum Gasteiger partial charge on any atom is 0.305 e. The molecule has 2 aliphatic heterocycles. The summed E-state index contributed by atoms with van der Waals surface area (Å²) in [5.74, 6) is -0.717. The minimum atomic E-state index is -0.717. The minimum Gasteiger partial charge on any atom is -0.481 e. The highest BCUT2D eigenvalue weighted by molar-refractivity contribution is 5.68. The number of hydrogen-bond donors (Lipinski definition) is 1. The third-order valence-corrected chi connectivity index (χ3v) is 3.80. The highest BCUT2D eigenvalue weighted by Gasteiger charge is 2.42. The molecule has 2 heterocycles. The fourth-order valence-corrected chi connectivity index (χ4v) is 3.02. The van der Waals surface area contributed by atoms with Gasteiger partial charge in [-0.05, 0) is 19.8 Å². The van der Waals surface area contributed by atoms with Crippen molar-refractivity contribution in [3.8, 4) is 0 Å². The van der Waals surface area contributed by atoms with Crippen LogP contribution in [0.15, 0.2) is 0 Å². The van der Waals surface area contributed by atoms with Crippen LogP contribution in [-0.4, -0.2) is 60.5 Å². The van der Waals surface area contributed by atoms with Crippen LogP contribution >= 0.6 is 0 Å². The SMILES string of the molecule is CC1CC(CC(=O)O)(N2CCOCC2)CCO1. The molecule has 2 fully saturated rings. The molecule has 98 valence electrons. The lowest BCUT2D eigenvalue weighted by Crippen LogP contribution is -2.58. The summed E-state index contributed by atoms with van der Waals surface area (Å²) in [5.41, 5.74) is -0.229. The molecule has 2 aliphatic rings. The zero-order valence-electron chi connectivity index (χ0n) is 10.4. The van der Waals surface area contributed by atoms with Gasteiger partial charge in [-0.15, -0.1) is 0 Å². The first-order chi connectivity index (χ1) is 8.12. The van der Waals surface area contributed by atoms with E-state index in [9.17, 15) is 4.79 Å². The summed E-state index contributed by atoms with van der Waals surface area (Å²) in [6, 6.07) is 0. The van der Waals surface area contributed by atoms with Crippen LogP contribution in [0.2, 0.25) is 0 Å². The van der Waals surface area contributed by atoms with Gasteiger partial charge < -0.3 is 14.6 Å². The average molecular weight is 243 g/mol. The minimum absolute atomic E-state index is 0.144. The Morgan fingerprint density at radius 1 is 1.41 bits per heavy atom. The fourth-order valence-electron chi connectivity index (χ4n) is 3.02. The highest BCUT2D eigenvalue weighted by atomic mass is 16.5. The third kappa shape index (κ3) is 2.97. The molecule has 0 radical (unpaired) electrons. The smallest absolute Gasteiger partial charge is 0.305 e. The molecule has 2 unspecified atom stereocenters. The van der Waals surface area contributed by atoms with E-state index in [1.165, 1.54) is 0 Å². The molecule has 2 saturated heterocycles. The van der Waals surface area contributed by atoms with Gasteiger partial charge in [-0.2, -0.15) is 0 Å². The molecule has 5 heteroatoms. The van der Waals surface area contributed by atoms with Crippen LogP contribution in [0.25, 0.3) is 0 Å². The predicted molar refractivity (Wildman–Crippen MR) is 62.0 cm³/mol. The first kappa shape index (κ1) is 12.8. The van der Waals surface area contributed by atoms with Gasteiger partial charge in [0, 0.05) is 25.2 Å². The second-order valence-corrected chi connectivity index (χ2v) is 5.03. The van der Waals surface area contributed by atoms with E-state index in [2.05, 4.69) is 4.90 Å².